The fourth-order valence-corrected chi connectivity index (χ4v) is 3.00. The van der Waals surface area contributed by atoms with Crippen LogP contribution >= 0.6 is 0 Å². The Morgan fingerprint density at radius 2 is 2.14 bits per heavy atom. The second kappa shape index (κ2) is 4.68. The number of alkyl halides is 3. The van der Waals surface area contributed by atoms with Crippen LogP contribution < -0.4 is 15.2 Å². The minimum atomic E-state index is -4.76. The van der Waals surface area contributed by atoms with Gasteiger partial charge >= 0.3 is 6.36 Å². The smallest absolute Gasteiger partial charge is 0.548 e. The second-order valence-electron chi connectivity index (χ2n) is 5.09. The van der Waals surface area contributed by atoms with Gasteiger partial charge in [0.1, 0.15) is 5.75 Å². The maximum Gasteiger partial charge on any atom is 0.573 e. The van der Waals surface area contributed by atoms with Gasteiger partial charge in [0.15, 0.2) is 0 Å². The Hall–Kier alpha value is -2.18. The summed E-state index contributed by atoms with van der Waals surface area (Å²) in [6, 6.07) is 3.00. The Balaban J connectivity index is 1.97. The van der Waals surface area contributed by atoms with Crippen LogP contribution in [0.15, 0.2) is 30.4 Å². The fraction of sp³-hybridized carbons (Fsp3) is 0.357. The highest BCUT2D eigenvalue weighted by molar-refractivity contribution is 5.79. The Kier molecular flexibility index (Phi) is 3.07. The van der Waals surface area contributed by atoms with E-state index in [1.54, 1.807) is 0 Å². The molecule has 1 aliphatic heterocycles. The molecular formula is C14H11F3NO3-. The number of hydrogen-bond acceptors (Lipinski definition) is 4. The molecule has 0 unspecified atom stereocenters. The maximum atomic E-state index is 12.3. The van der Waals surface area contributed by atoms with Crippen molar-refractivity contribution in [3.63, 3.8) is 0 Å². The highest BCUT2D eigenvalue weighted by Crippen LogP contribution is 2.45. The van der Waals surface area contributed by atoms with Crippen LogP contribution in [0.2, 0.25) is 0 Å². The third-order valence-corrected chi connectivity index (χ3v) is 3.82. The molecule has 3 atom stereocenters. The van der Waals surface area contributed by atoms with Gasteiger partial charge in [0, 0.05) is 11.6 Å². The Morgan fingerprint density at radius 3 is 2.81 bits per heavy atom. The first kappa shape index (κ1) is 13.8. The topological polar surface area (TPSA) is 61.4 Å². The Morgan fingerprint density at radius 1 is 1.38 bits per heavy atom. The molecule has 0 saturated carbocycles. The summed E-state index contributed by atoms with van der Waals surface area (Å²) < 4.78 is 40.7. The maximum absolute atomic E-state index is 12.3. The SMILES string of the molecule is O=C([O-])[C@@H]1Nc2ccc(OC(F)(F)F)cc2[C@@H]2C=CC[C@H]12. The van der Waals surface area contributed by atoms with Gasteiger partial charge in [-0.05, 0) is 36.1 Å². The molecule has 0 spiro atoms. The van der Waals surface area contributed by atoms with Gasteiger partial charge in [-0.15, -0.1) is 13.2 Å². The first-order chi connectivity index (χ1) is 9.85. The summed E-state index contributed by atoms with van der Waals surface area (Å²) >= 11 is 0. The molecule has 3 rings (SSSR count). The van der Waals surface area contributed by atoms with Crippen molar-refractivity contribution in [3.05, 3.63) is 35.9 Å². The van der Waals surface area contributed by atoms with Crippen molar-refractivity contribution >= 4 is 11.7 Å². The molecule has 0 radical (unpaired) electrons. The van der Waals surface area contributed by atoms with E-state index in [0.29, 0.717) is 17.7 Å². The van der Waals surface area contributed by atoms with Crippen LogP contribution in [0.1, 0.15) is 17.9 Å². The van der Waals surface area contributed by atoms with Crippen molar-refractivity contribution in [3.8, 4) is 5.75 Å². The van der Waals surface area contributed by atoms with Crippen LogP contribution in [-0.2, 0) is 4.79 Å². The van der Waals surface area contributed by atoms with Crippen LogP contribution in [0.5, 0.6) is 5.75 Å². The molecule has 1 N–H and O–H groups in total. The first-order valence-electron chi connectivity index (χ1n) is 6.39. The summed E-state index contributed by atoms with van der Waals surface area (Å²) in [7, 11) is 0. The lowest BCUT2D eigenvalue weighted by Crippen LogP contribution is -2.48. The number of aliphatic carboxylic acids is 1. The first-order valence-corrected chi connectivity index (χ1v) is 6.39. The summed E-state index contributed by atoms with van der Waals surface area (Å²) in [6.45, 7) is 0. The molecule has 0 saturated heterocycles. The van der Waals surface area contributed by atoms with Gasteiger partial charge in [-0.25, -0.2) is 0 Å². The van der Waals surface area contributed by atoms with Crippen molar-refractivity contribution < 1.29 is 27.8 Å². The van der Waals surface area contributed by atoms with Crippen LogP contribution in [0.3, 0.4) is 0 Å². The lowest BCUT2D eigenvalue weighted by molar-refractivity contribution is -0.308. The molecule has 0 bridgehead atoms. The molecule has 0 amide bonds. The predicted molar refractivity (Wildman–Crippen MR) is 65.5 cm³/mol. The van der Waals surface area contributed by atoms with Gasteiger partial charge in [0.2, 0.25) is 0 Å². The number of anilines is 1. The van der Waals surface area contributed by atoms with Gasteiger partial charge in [-0.1, -0.05) is 12.2 Å². The van der Waals surface area contributed by atoms with Crippen LogP contribution in [0, 0.1) is 5.92 Å². The molecule has 0 fully saturated rings. The number of allylic oxidation sites excluding steroid dienone is 2. The van der Waals surface area contributed by atoms with Gasteiger partial charge in [-0.2, -0.15) is 0 Å². The van der Waals surface area contributed by atoms with Crippen molar-refractivity contribution in [2.24, 2.45) is 5.92 Å². The lowest BCUT2D eigenvalue weighted by Gasteiger charge is -2.37. The molecule has 112 valence electrons. The van der Waals surface area contributed by atoms with Crippen molar-refractivity contribution in [1.82, 2.24) is 0 Å². The van der Waals surface area contributed by atoms with E-state index in [1.165, 1.54) is 12.1 Å². The van der Waals surface area contributed by atoms with E-state index in [9.17, 15) is 23.1 Å². The summed E-state index contributed by atoms with van der Waals surface area (Å²) in [5.41, 5.74) is 1.10. The molecule has 7 heteroatoms. The fourth-order valence-electron chi connectivity index (χ4n) is 3.00. The number of halogens is 3. The number of carboxylic acid groups (broad SMARTS) is 1. The average molecular weight is 298 g/mol. The van der Waals surface area contributed by atoms with Gasteiger partial charge in [-0.3, -0.25) is 0 Å². The zero-order chi connectivity index (χ0) is 15.2. The minimum absolute atomic E-state index is 0.249. The number of carboxylic acids is 1. The van der Waals surface area contributed by atoms with Gasteiger partial charge < -0.3 is 20.0 Å². The number of ether oxygens (including phenoxy) is 1. The molecule has 2 aliphatic rings. The van der Waals surface area contributed by atoms with E-state index in [4.69, 9.17) is 0 Å². The summed E-state index contributed by atoms with van der Waals surface area (Å²) in [6.07, 6.45) is -0.564. The average Bonchev–Trinajstić information content (AvgIpc) is 2.85. The third-order valence-electron chi connectivity index (χ3n) is 3.82. The van der Waals surface area contributed by atoms with Crippen molar-refractivity contribution in [2.45, 2.75) is 24.7 Å². The normalized spacial score (nSPS) is 26.7. The number of rotatable bonds is 2. The predicted octanol–water partition coefficient (Wildman–Crippen LogP) is 1.79. The largest absolute Gasteiger partial charge is 0.573 e. The number of nitrogens with one attached hydrogen (secondary N) is 1. The van der Waals surface area contributed by atoms with Crippen molar-refractivity contribution in [1.29, 1.82) is 0 Å². The quantitative estimate of drug-likeness (QED) is 0.846. The number of benzene rings is 1. The van der Waals surface area contributed by atoms with E-state index < -0.39 is 18.4 Å². The minimum Gasteiger partial charge on any atom is -0.548 e. The monoisotopic (exact) mass is 298 g/mol. The number of hydrogen-bond donors (Lipinski definition) is 1. The molecule has 1 aromatic carbocycles. The summed E-state index contributed by atoms with van der Waals surface area (Å²) in [5.74, 6) is -2.03. The summed E-state index contributed by atoms with van der Waals surface area (Å²) in [5, 5.41) is 14.0. The summed E-state index contributed by atoms with van der Waals surface area (Å²) in [4.78, 5) is 11.2. The van der Waals surface area contributed by atoms with Gasteiger partial charge in [0.25, 0.3) is 0 Å². The zero-order valence-electron chi connectivity index (χ0n) is 10.7. The van der Waals surface area contributed by atoms with E-state index >= 15 is 0 Å². The molecule has 1 heterocycles. The van der Waals surface area contributed by atoms with Crippen LogP contribution in [0.25, 0.3) is 0 Å². The molecular weight excluding hydrogens is 287 g/mol. The highest BCUT2D eigenvalue weighted by Gasteiger charge is 2.38. The molecule has 4 nitrogen and oxygen atoms in total. The van der Waals surface area contributed by atoms with E-state index in [0.717, 1.165) is 6.07 Å². The Labute approximate surface area is 118 Å². The second-order valence-corrected chi connectivity index (χ2v) is 5.09. The third kappa shape index (κ3) is 2.55. The lowest BCUT2D eigenvalue weighted by atomic mass is 9.79. The highest BCUT2D eigenvalue weighted by atomic mass is 19.4. The van der Waals surface area contributed by atoms with E-state index in [-0.39, 0.29) is 17.6 Å². The molecule has 1 aliphatic carbocycles. The van der Waals surface area contributed by atoms with Crippen molar-refractivity contribution in [2.75, 3.05) is 5.32 Å². The van der Waals surface area contributed by atoms with Crippen LogP contribution in [0.4, 0.5) is 18.9 Å². The van der Waals surface area contributed by atoms with E-state index in [2.05, 4.69) is 10.1 Å². The Bertz CT molecular complexity index is 612. The van der Waals surface area contributed by atoms with Gasteiger partial charge in [0.05, 0.1) is 12.0 Å². The molecule has 0 aromatic heterocycles. The number of carbonyl (C=O) groups is 1. The zero-order valence-corrected chi connectivity index (χ0v) is 10.7. The molecule has 1 aromatic rings. The van der Waals surface area contributed by atoms with Crippen LogP contribution in [-0.4, -0.2) is 18.4 Å². The molecule has 21 heavy (non-hydrogen) atoms. The standard InChI is InChI=1S/C14H12F3NO3/c15-14(16,17)21-7-4-5-11-10(6-7)8-2-1-3-9(8)12(18-11)13(19)20/h1-2,4-6,8-9,12,18H,3H2,(H,19,20)/p-1/t8-,9+,12-/m1/s1. The van der Waals surface area contributed by atoms with E-state index in [1.807, 2.05) is 12.2 Å². The number of carbonyl (C=O) groups excluding carboxylic acids is 1. The number of fused-ring (bicyclic) bond motifs is 3.